The third-order valence-corrected chi connectivity index (χ3v) is 10.1. The van der Waals surface area contributed by atoms with E-state index in [0.717, 1.165) is 62.5 Å². The molecule has 0 saturated carbocycles. The molecule has 0 bridgehead atoms. The molecule has 48 heavy (non-hydrogen) atoms. The van der Waals surface area contributed by atoms with Crippen molar-refractivity contribution in [3.63, 3.8) is 0 Å². The van der Waals surface area contributed by atoms with Gasteiger partial charge in [-0.15, -0.1) is 11.3 Å². The molecular weight excluding hydrogens is 648 g/mol. The summed E-state index contributed by atoms with van der Waals surface area (Å²) in [5.74, 6) is 0.611. The number of hydrogen-bond donors (Lipinski definition) is 0. The number of hydrogen-bond acceptors (Lipinski definition) is 8. The van der Waals surface area contributed by atoms with Crippen molar-refractivity contribution in [2.24, 2.45) is 0 Å². The molecular formula is C39H57ClO7S. The van der Waals surface area contributed by atoms with E-state index in [1.54, 1.807) is 18.4 Å². The molecule has 0 spiro atoms. The number of ether oxygens (including phenoxy) is 7. The smallest absolute Gasteiger partial charge is 0.188 e. The van der Waals surface area contributed by atoms with Crippen LogP contribution in [0.15, 0.2) is 42.5 Å². The zero-order valence-electron chi connectivity index (χ0n) is 29.7. The van der Waals surface area contributed by atoms with Crippen LogP contribution in [0.2, 0.25) is 5.02 Å². The van der Waals surface area contributed by atoms with Crippen molar-refractivity contribution in [2.75, 3.05) is 46.9 Å². The highest BCUT2D eigenvalue weighted by Crippen LogP contribution is 2.43. The first-order valence-electron chi connectivity index (χ1n) is 18.0. The Balaban J connectivity index is 1.78. The molecule has 3 aromatic rings. The fourth-order valence-electron chi connectivity index (χ4n) is 5.95. The highest BCUT2D eigenvalue weighted by Gasteiger charge is 2.49. The highest BCUT2D eigenvalue weighted by molar-refractivity contribution is 7.19. The summed E-state index contributed by atoms with van der Waals surface area (Å²) in [5, 5.41) is 1.87. The standard InChI is InChI=1S/C39H57ClO7S/c1-6-10-18-42-26-34-37(43-19-11-7-2)39(45-21-13-9-4)38(44-20-12-8-3)36(47-34)31-24-29(32(40)25-33(31)46-27-41-5)23-30-22-28-16-14-15-17-35(28)48-30/h14-17,22,24-25,34,36-39H,6-13,18-21,23,26-27H2,1-5H3/t34-,36+,37-,38+,39+/m1/s1. The molecule has 2 aromatic carbocycles. The zero-order chi connectivity index (χ0) is 34.1. The molecule has 9 heteroatoms. The SMILES string of the molecule is CCCCOC[C@H]1O[C@@H](c2cc(Cc3cc4ccccc4s3)c(Cl)cc2OCOC)[C@H](OCCCC)[C@@H](OCCCC)[C@@H]1OCCCC. The fourth-order valence-corrected chi connectivity index (χ4v) is 7.25. The normalized spacial score (nSPS) is 21.2. The topological polar surface area (TPSA) is 64.6 Å². The second-order valence-electron chi connectivity index (χ2n) is 12.6. The van der Waals surface area contributed by atoms with Crippen molar-refractivity contribution < 1.29 is 33.2 Å². The molecule has 1 saturated heterocycles. The molecule has 0 radical (unpaired) electrons. The van der Waals surface area contributed by atoms with Crippen LogP contribution in [0.3, 0.4) is 0 Å². The molecule has 268 valence electrons. The van der Waals surface area contributed by atoms with E-state index < -0.39 is 12.2 Å². The van der Waals surface area contributed by atoms with Gasteiger partial charge in [-0.05, 0) is 60.9 Å². The Kier molecular flexibility index (Phi) is 17.5. The Labute approximate surface area is 297 Å². The van der Waals surface area contributed by atoms with Gasteiger partial charge in [-0.25, -0.2) is 0 Å². The average molecular weight is 705 g/mol. The predicted octanol–water partition coefficient (Wildman–Crippen LogP) is 9.94. The van der Waals surface area contributed by atoms with E-state index in [0.29, 0.717) is 50.2 Å². The van der Waals surface area contributed by atoms with Crippen molar-refractivity contribution in [1.82, 2.24) is 0 Å². The summed E-state index contributed by atoms with van der Waals surface area (Å²) in [6, 6.07) is 14.7. The van der Waals surface area contributed by atoms with Crippen molar-refractivity contribution in [3.05, 3.63) is 63.5 Å². The van der Waals surface area contributed by atoms with Crippen LogP contribution in [-0.2, 0) is 34.8 Å². The van der Waals surface area contributed by atoms with Crippen LogP contribution in [0.25, 0.3) is 10.1 Å². The van der Waals surface area contributed by atoms with Crippen LogP contribution in [-0.4, -0.2) is 71.4 Å². The summed E-state index contributed by atoms with van der Waals surface area (Å²) in [5.41, 5.74) is 1.86. The van der Waals surface area contributed by atoms with Gasteiger partial charge in [0.1, 0.15) is 36.3 Å². The minimum atomic E-state index is -0.510. The largest absolute Gasteiger partial charge is 0.467 e. The predicted molar refractivity (Wildman–Crippen MR) is 196 cm³/mol. The van der Waals surface area contributed by atoms with Gasteiger partial charge in [0.25, 0.3) is 0 Å². The number of thiophene rings is 1. The second-order valence-corrected chi connectivity index (χ2v) is 14.1. The van der Waals surface area contributed by atoms with E-state index in [9.17, 15) is 0 Å². The van der Waals surface area contributed by atoms with Gasteiger partial charge < -0.3 is 33.2 Å². The molecule has 0 N–H and O–H groups in total. The molecule has 7 nitrogen and oxygen atoms in total. The first kappa shape index (κ1) is 39.0. The molecule has 4 rings (SSSR count). The third kappa shape index (κ3) is 11.1. The zero-order valence-corrected chi connectivity index (χ0v) is 31.3. The van der Waals surface area contributed by atoms with Crippen LogP contribution in [0.5, 0.6) is 5.75 Å². The quantitative estimate of drug-likeness (QED) is 0.0719. The van der Waals surface area contributed by atoms with E-state index in [-0.39, 0.29) is 25.1 Å². The Morgan fingerprint density at radius 3 is 2.08 bits per heavy atom. The number of halogens is 1. The van der Waals surface area contributed by atoms with Crippen LogP contribution in [0.4, 0.5) is 0 Å². The van der Waals surface area contributed by atoms with Crippen LogP contribution in [0, 0.1) is 0 Å². The third-order valence-electron chi connectivity index (χ3n) is 8.64. The van der Waals surface area contributed by atoms with Crippen molar-refractivity contribution >= 4 is 33.0 Å². The molecule has 0 amide bonds. The van der Waals surface area contributed by atoms with E-state index in [4.69, 9.17) is 44.8 Å². The van der Waals surface area contributed by atoms with E-state index >= 15 is 0 Å². The van der Waals surface area contributed by atoms with Gasteiger partial charge in [-0.3, -0.25) is 0 Å². The summed E-state index contributed by atoms with van der Waals surface area (Å²) in [6.07, 6.45) is 6.67. The molecule has 2 heterocycles. The molecule has 0 unspecified atom stereocenters. The van der Waals surface area contributed by atoms with Gasteiger partial charge in [0.15, 0.2) is 6.79 Å². The Hall–Kier alpha value is -1.75. The van der Waals surface area contributed by atoms with Crippen molar-refractivity contribution in [2.45, 2.75) is 116 Å². The number of fused-ring (bicyclic) bond motifs is 1. The van der Waals surface area contributed by atoms with E-state index in [2.05, 4.69) is 64.1 Å². The van der Waals surface area contributed by atoms with Gasteiger partial charge in [-0.1, -0.05) is 83.2 Å². The minimum Gasteiger partial charge on any atom is -0.467 e. The summed E-state index contributed by atoms with van der Waals surface area (Å²) in [7, 11) is 1.62. The van der Waals surface area contributed by atoms with Gasteiger partial charge in [0.2, 0.25) is 0 Å². The maximum atomic E-state index is 7.07. The lowest BCUT2D eigenvalue weighted by molar-refractivity contribution is -0.268. The summed E-state index contributed by atoms with van der Waals surface area (Å²) in [4.78, 5) is 1.24. The molecule has 0 aliphatic carbocycles. The maximum absolute atomic E-state index is 7.07. The lowest BCUT2D eigenvalue weighted by Gasteiger charge is -2.46. The van der Waals surface area contributed by atoms with Gasteiger partial charge in [0, 0.05) is 60.1 Å². The van der Waals surface area contributed by atoms with E-state index in [1.807, 2.05) is 6.07 Å². The lowest BCUT2D eigenvalue weighted by Crippen LogP contribution is -2.58. The number of rotatable bonds is 23. The van der Waals surface area contributed by atoms with Gasteiger partial charge in [0.05, 0.1) is 6.61 Å². The van der Waals surface area contributed by atoms with Crippen molar-refractivity contribution in [1.29, 1.82) is 0 Å². The Morgan fingerprint density at radius 2 is 1.42 bits per heavy atom. The molecule has 1 aromatic heterocycles. The fraction of sp³-hybridized carbons (Fsp3) is 0.641. The second kappa shape index (κ2) is 21.5. The summed E-state index contributed by atoms with van der Waals surface area (Å²) >= 11 is 8.78. The first-order chi connectivity index (χ1) is 23.5. The van der Waals surface area contributed by atoms with E-state index in [1.165, 1.54) is 15.0 Å². The highest BCUT2D eigenvalue weighted by atomic mass is 35.5. The summed E-state index contributed by atoms with van der Waals surface area (Å²) < 4.78 is 46.2. The van der Waals surface area contributed by atoms with Gasteiger partial charge in [-0.2, -0.15) is 0 Å². The average Bonchev–Trinajstić information content (AvgIpc) is 3.51. The van der Waals surface area contributed by atoms with Crippen molar-refractivity contribution in [3.8, 4) is 5.75 Å². The Bertz CT molecular complexity index is 1300. The van der Waals surface area contributed by atoms with Crippen LogP contribution >= 0.6 is 22.9 Å². The van der Waals surface area contributed by atoms with Gasteiger partial charge >= 0.3 is 0 Å². The monoisotopic (exact) mass is 704 g/mol. The number of benzene rings is 2. The lowest BCUT2D eigenvalue weighted by atomic mass is 9.89. The number of unbranched alkanes of at least 4 members (excludes halogenated alkanes) is 4. The number of methoxy groups -OCH3 is 1. The minimum absolute atomic E-state index is 0.0792. The molecule has 5 atom stereocenters. The maximum Gasteiger partial charge on any atom is 0.188 e. The van der Waals surface area contributed by atoms with Crippen LogP contribution < -0.4 is 4.74 Å². The molecule has 1 aliphatic heterocycles. The Morgan fingerprint density at radius 1 is 0.771 bits per heavy atom. The molecule has 1 aliphatic rings. The summed E-state index contributed by atoms with van der Waals surface area (Å²) in [6.45, 7) is 11.7. The molecule has 1 fully saturated rings. The van der Waals surface area contributed by atoms with Crippen LogP contribution in [0.1, 0.15) is 101 Å². The first-order valence-corrected chi connectivity index (χ1v) is 19.2.